The Bertz CT molecular complexity index is 406. The lowest BCUT2D eigenvalue weighted by atomic mass is 10.1. The Hall–Kier alpha value is -1.55. The largest absolute Gasteiger partial charge is 0.445 e. The smallest absolute Gasteiger partial charge is 0.410 e. The Labute approximate surface area is 115 Å². The van der Waals surface area contributed by atoms with Crippen LogP contribution in [0.3, 0.4) is 0 Å². The molecule has 1 aliphatic rings. The van der Waals surface area contributed by atoms with Crippen LogP contribution in [0.15, 0.2) is 30.3 Å². The number of amides is 1. The van der Waals surface area contributed by atoms with Gasteiger partial charge in [-0.3, -0.25) is 0 Å². The summed E-state index contributed by atoms with van der Waals surface area (Å²) in [6.45, 7) is 3.01. The molecule has 0 N–H and O–H groups in total. The van der Waals surface area contributed by atoms with Gasteiger partial charge in [-0.05, 0) is 32.0 Å². The van der Waals surface area contributed by atoms with E-state index in [4.69, 9.17) is 4.74 Å². The predicted molar refractivity (Wildman–Crippen MR) is 74.9 cm³/mol. The van der Waals surface area contributed by atoms with Gasteiger partial charge in [0.25, 0.3) is 0 Å². The maximum atomic E-state index is 11.9. The standard InChI is InChI=1S/C15H22N2O2/c1-16(2)10-14-8-9-17(11-14)15(18)19-12-13-6-4-3-5-7-13/h3-7,14H,8-12H2,1-2H3. The van der Waals surface area contributed by atoms with Crippen LogP contribution in [0.4, 0.5) is 4.79 Å². The Morgan fingerprint density at radius 2 is 2.11 bits per heavy atom. The van der Waals surface area contributed by atoms with Crippen LogP contribution in [-0.2, 0) is 11.3 Å². The van der Waals surface area contributed by atoms with Crippen LogP contribution in [0.2, 0.25) is 0 Å². The van der Waals surface area contributed by atoms with Crippen LogP contribution in [0.1, 0.15) is 12.0 Å². The van der Waals surface area contributed by atoms with Gasteiger partial charge in [0.1, 0.15) is 6.61 Å². The summed E-state index contributed by atoms with van der Waals surface area (Å²) in [5.74, 6) is 0.569. The number of likely N-dealkylation sites (tertiary alicyclic amines) is 1. The fourth-order valence-electron chi connectivity index (χ4n) is 2.47. The molecule has 104 valence electrons. The van der Waals surface area contributed by atoms with Crippen LogP contribution in [0.25, 0.3) is 0 Å². The molecule has 1 aromatic rings. The number of benzene rings is 1. The van der Waals surface area contributed by atoms with Gasteiger partial charge in [-0.15, -0.1) is 0 Å². The molecule has 19 heavy (non-hydrogen) atoms. The predicted octanol–water partition coefficient (Wildman–Crippen LogP) is 2.21. The third-order valence-corrected chi connectivity index (χ3v) is 3.37. The van der Waals surface area contributed by atoms with Crippen molar-refractivity contribution in [1.29, 1.82) is 0 Å². The van der Waals surface area contributed by atoms with E-state index in [9.17, 15) is 4.79 Å². The van der Waals surface area contributed by atoms with Crippen molar-refractivity contribution < 1.29 is 9.53 Å². The second-order valence-corrected chi connectivity index (χ2v) is 5.40. The molecule has 1 unspecified atom stereocenters. The molecule has 1 aromatic carbocycles. The van der Waals surface area contributed by atoms with Gasteiger partial charge in [-0.25, -0.2) is 4.79 Å². The monoisotopic (exact) mass is 262 g/mol. The fraction of sp³-hybridized carbons (Fsp3) is 0.533. The lowest BCUT2D eigenvalue weighted by molar-refractivity contribution is 0.102. The molecule has 1 heterocycles. The SMILES string of the molecule is CN(C)CC1CCN(C(=O)OCc2ccccc2)C1. The molecular weight excluding hydrogens is 240 g/mol. The minimum atomic E-state index is -0.190. The minimum absolute atomic E-state index is 0.190. The number of carbonyl (C=O) groups is 1. The summed E-state index contributed by atoms with van der Waals surface area (Å²) >= 11 is 0. The third-order valence-electron chi connectivity index (χ3n) is 3.37. The van der Waals surface area contributed by atoms with Gasteiger partial charge >= 0.3 is 6.09 Å². The topological polar surface area (TPSA) is 32.8 Å². The highest BCUT2D eigenvalue weighted by Crippen LogP contribution is 2.18. The van der Waals surface area contributed by atoms with Crippen molar-refractivity contribution in [2.45, 2.75) is 13.0 Å². The molecular formula is C15H22N2O2. The molecule has 1 fully saturated rings. The Kier molecular flexibility index (Phi) is 4.80. The van der Waals surface area contributed by atoms with E-state index in [1.165, 1.54) is 0 Å². The highest BCUT2D eigenvalue weighted by Gasteiger charge is 2.27. The number of hydrogen-bond acceptors (Lipinski definition) is 3. The van der Waals surface area contributed by atoms with Crippen molar-refractivity contribution in [2.75, 3.05) is 33.7 Å². The Morgan fingerprint density at radius 1 is 1.37 bits per heavy atom. The van der Waals surface area contributed by atoms with Crippen molar-refractivity contribution in [2.24, 2.45) is 5.92 Å². The van der Waals surface area contributed by atoms with Crippen molar-refractivity contribution in [3.63, 3.8) is 0 Å². The third kappa shape index (κ3) is 4.24. The Balaban J connectivity index is 1.75. The lowest BCUT2D eigenvalue weighted by Crippen LogP contribution is -2.31. The first-order chi connectivity index (χ1) is 9.15. The lowest BCUT2D eigenvalue weighted by Gasteiger charge is -2.18. The molecule has 1 atom stereocenters. The van der Waals surface area contributed by atoms with Crippen LogP contribution >= 0.6 is 0 Å². The van der Waals surface area contributed by atoms with Crippen LogP contribution < -0.4 is 0 Å². The molecule has 0 radical (unpaired) electrons. The van der Waals surface area contributed by atoms with Crippen LogP contribution in [0.5, 0.6) is 0 Å². The van der Waals surface area contributed by atoms with E-state index in [2.05, 4.69) is 19.0 Å². The molecule has 4 heteroatoms. The molecule has 2 rings (SSSR count). The van der Waals surface area contributed by atoms with E-state index >= 15 is 0 Å². The van der Waals surface area contributed by atoms with Crippen LogP contribution in [-0.4, -0.2) is 49.6 Å². The van der Waals surface area contributed by atoms with Crippen molar-refractivity contribution in [3.05, 3.63) is 35.9 Å². The average Bonchev–Trinajstić information content (AvgIpc) is 2.85. The summed E-state index contributed by atoms with van der Waals surface area (Å²) in [5, 5.41) is 0. The van der Waals surface area contributed by atoms with Gasteiger partial charge in [-0.2, -0.15) is 0 Å². The van der Waals surface area contributed by atoms with Crippen molar-refractivity contribution in [3.8, 4) is 0 Å². The van der Waals surface area contributed by atoms with Gasteiger partial charge in [0.05, 0.1) is 0 Å². The van der Waals surface area contributed by atoms with Gasteiger partial charge in [0.15, 0.2) is 0 Å². The summed E-state index contributed by atoms with van der Waals surface area (Å²) in [4.78, 5) is 15.9. The summed E-state index contributed by atoms with van der Waals surface area (Å²) in [7, 11) is 4.13. The zero-order valence-electron chi connectivity index (χ0n) is 11.7. The van der Waals surface area contributed by atoms with E-state index in [0.717, 1.165) is 31.6 Å². The quantitative estimate of drug-likeness (QED) is 0.834. The zero-order valence-corrected chi connectivity index (χ0v) is 11.7. The van der Waals surface area contributed by atoms with Gasteiger partial charge < -0.3 is 14.5 Å². The minimum Gasteiger partial charge on any atom is -0.445 e. The first kappa shape index (κ1) is 13.9. The molecule has 1 amide bonds. The maximum absolute atomic E-state index is 11.9. The van der Waals surface area contributed by atoms with Gasteiger partial charge in [0, 0.05) is 19.6 Å². The average molecular weight is 262 g/mol. The number of ether oxygens (including phenoxy) is 1. The first-order valence-corrected chi connectivity index (χ1v) is 6.75. The van der Waals surface area contributed by atoms with Gasteiger partial charge in [0.2, 0.25) is 0 Å². The molecule has 0 aromatic heterocycles. The number of carbonyl (C=O) groups excluding carboxylic acids is 1. The van der Waals surface area contributed by atoms with E-state index in [-0.39, 0.29) is 6.09 Å². The second-order valence-electron chi connectivity index (χ2n) is 5.40. The molecule has 0 aliphatic carbocycles. The second kappa shape index (κ2) is 6.57. The number of hydrogen-bond donors (Lipinski definition) is 0. The molecule has 0 bridgehead atoms. The number of nitrogens with zero attached hydrogens (tertiary/aromatic N) is 2. The van der Waals surface area contributed by atoms with E-state index in [1.54, 1.807) is 0 Å². The summed E-state index contributed by atoms with van der Waals surface area (Å²) < 4.78 is 5.34. The molecule has 4 nitrogen and oxygen atoms in total. The van der Waals surface area contributed by atoms with Gasteiger partial charge in [-0.1, -0.05) is 30.3 Å². The molecule has 0 saturated carbocycles. The van der Waals surface area contributed by atoms with Crippen LogP contribution in [0, 0.1) is 5.92 Å². The normalized spacial score (nSPS) is 18.9. The molecule has 0 spiro atoms. The zero-order chi connectivity index (χ0) is 13.7. The molecule has 1 saturated heterocycles. The highest BCUT2D eigenvalue weighted by molar-refractivity contribution is 5.68. The van der Waals surface area contributed by atoms with E-state index in [1.807, 2.05) is 35.2 Å². The number of rotatable bonds is 4. The molecule has 1 aliphatic heterocycles. The van der Waals surface area contributed by atoms with Crippen molar-refractivity contribution >= 4 is 6.09 Å². The first-order valence-electron chi connectivity index (χ1n) is 6.75. The highest BCUT2D eigenvalue weighted by atomic mass is 16.6. The summed E-state index contributed by atoms with van der Waals surface area (Å²) in [6, 6.07) is 9.79. The van der Waals surface area contributed by atoms with E-state index < -0.39 is 0 Å². The fourth-order valence-corrected chi connectivity index (χ4v) is 2.47. The Morgan fingerprint density at radius 3 is 2.79 bits per heavy atom. The maximum Gasteiger partial charge on any atom is 0.410 e. The summed E-state index contributed by atoms with van der Waals surface area (Å²) in [6.07, 6.45) is 0.878. The van der Waals surface area contributed by atoms with E-state index in [0.29, 0.717) is 12.5 Å². The van der Waals surface area contributed by atoms with Crippen molar-refractivity contribution in [1.82, 2.24) is 9.80 Å². The summed E-state index contributed by atoms with van der Waals surface area (Å²) in [5.41, 5.74) is 1.03.